The average Bonchev–Trinajstić information content (AvgIpc) is 2.42. The summed E-state index contributed by atoms with van der Waals surface area (Å²) >= 11 is 0. The van der Waals surface area contributed by atoms with Crippen molar-refractivity contribution < 1.29 is 13.2 Å². The van der Waals surface area contributed by atoms with Crippen molar-refractivity contribution in [2.24, 2.45) is 16.5 Å². The first kappa shape index (κ1) is 17.9. The summed E-state index contributed by atoms with van der Waals surface area (Å²) in [6.07, 6.45) is 7.74. The van der Waals surface area contributed by atoms with E-state index in [1.165, 1.54) is 12.1 Å². The summed E-state index contributed by atoms with van der Waals surface area (Å²) in [6, 6.07) is 4.38. The Morgan fingerprint density at radius 3 is 2.55 bits per heavy atom. The van der Waals surface area contributed by atoms with Crippen LogP contribution in [0, 0.1) is 0 Å². The van der Waals surface area contributed by atoms with Crippen LogP contribution < -0.4 is 11.5 Å². The molecule has 7 heteroatoms. The van der Waals surface area contributed by atoms with E-state index in [-0.39, 0.29) is 16.4 Å². The maximum absolute atomic E-state index is 11.9. The van der Waals surface area contributed by atoms with Crippen molar-refractivity contribution in [1.82, 2.24) is 0 Å². The molecule has 0 atom stereocenters. The van der Waals surface area contributed by atoms with Gasteiger partial charge in [0.2, 0.25) is 0 Å². The topological polar surface area (TPSA) is 116 Å². The molecule has 0 radical (unpaired) electrons. The van der Waals surface area contributed by atoms with E-state index in [4.69, 9.17) is 11.5 Å². The summed E-state index contributed by atoms with van der Waals surface area (Å²) in [7, 11) is -3.48. The predicted molar refractivity (Wildman–Crippen MR) is 88.3 cm³/mol. The van der Waals surface area contributed by atoms with Gasteiger partial charge in [-0.05, 0) is 24.1 Å². The first-order valence-corrected chi connectivity index (χ1v) is 8.79. The van der Waals surface area contributed by atoms with Crippen molar-refractivity contribution in [3.8, 4) is 0 Å². The minimum absolute atomic E-state index is 0.0805. The van der Waals surface area contributed by atoms with E-state index in [1.54, 1.807) is 12.1 Å². The van der Waals surface area contributed by atoms with Crippen LogP contribution in [-0.2, 0) is 9.84 Å². The molecule has 22 heavy (non-hydrogen) atoms. The second kappa shape index (κ2) is 7.74. The van der Waals surface area contributed by atoms with E-state index in [0.717, 1.165) is 25.5 Å². The fraction of sp³-hybridized carbons (Fsp3) is 0.333. The fourth-order valence-corrected chi connectivity index (χ4v) is 2.75. The first-order valence-electron chi connectivity index (χ1n) is 6.90. The van der Waals surface area contributed by atoms with Crippen LogP contribution in [0.2, 0.25) is 0 Å². The quantitative estimate of drug-likeness (QED) is 0.469. The van der Waals surface area contributed by atoms with Crippen LogP contribution in [-0.4, -0.2) is 26.5 Å². The number of sulfone groups is 1. The van der Waals surface area contributed by atoms with Gasteiger partial charge in [0.15, 0.2) is 15.8 Å². The number of aliphatic imine (C=N–C) groups is 1. The summed E-state index contributed by atoms with van der Waals surface area (Å²) in [5, 5.41) is 0. The van der Waals surface area contributed by atoms with Crippen LogP contribution in [0.25, 0.3) is 6.08 Å². The summed E-state index contributed by atoms with van der Waals surface area (Å²) in [5.41, 5.74) is 11.0. The maximum atomic E-state index is 11.9. The lowest BCUT2D eigenvalue weighted by Gasteiger charge is -2.06. The highest BCUT2D eigenvalue weighted by Gasteiger charge is 2.15. The molecule has 6 nitrogen and oxygen atoms in total. The van der Waals surface area contributed by atoms with Crippen molar-refractivity contribution >= 4 is 27.8 Å². The molecule has 1 aromatic carbocycles. The number of carbonyl (C=O) groups excluding carboxylic acids is 1. The first-order chi connectivity index (χ1) is 10.3. The third kappa shape index (κ3) is 5.33. The molecule has 0 aliphatic heterocycles. The summed E-state index contributed by atoms with van der Waals surface area (Å²) in [5.74, 6) is -1.04. The van der Waals surface area contributed by atoms with Gasteiger partial charge in [0.05, 0.1) is 4.90 Å². The van der Waals surface area contributed by atoms with Crippen LogP contribution in [0.5, 0.6) is 0 Å². The van der Waals surface area contributed by atoms with E-state index < -0.39 is 15.7 Å². The van der Waals surface area contributed by atoms with Gasteiger partial charge >= 0.3 is 0 Å². The number of amides is 1. The van der Waals surface area contributed by atoms with Crippen molar-refractivity contribution in [3.63, 3.8) is 0 Å². The number of nitrogens with zero attached hydrogens (tertiary/aromatic N) is 1. The van der Waals surface area contributed by atoms with Gasteiger partial charge in [-0.25, -0.2) is 8.42 Å². The zero-order chi connectivity index (χ0) is 16.8. The minimum Gasteiger partial charge on any atom is -0.370 e. The van der Waals surface area contributed by atoms with Crippen LogP contribution in [0.1, 0.15) is 42.1 Å². The van der Waals surface area contributed by atoms with Gasteiger partial charge in [-0.2, -0.15) is 4.99 Å². The Labute approximate surface area is 130 Å². The van der Waals surface area contributed by atoms with E-state index in [1.807, 2.05) is 6.08 Å². The Bertz CT molecular complexity index is 703. The SMILES string of the molecule is CCCC/C=C/c1ccc(C(=O)N=C(N)N)cc1S(C)(=O)=O. The van der Waals surface area contributed by atoms with Crippen LogP contribution in [0.15, 0.2) is 34.2 Å². The highest BCUT2D eigenvalue weighted by molar-refractivity contribution is 7.90. The molecule has 1 amide bonds. The molecule has 0 spiro atoms. The van der Waals surface area contributed by atoms with E-state index in [2.05, 4.69) is 11.9 Å². The van der Waals surface area contributed by atoms with Gasteiger partial charge in [-0.1, -0.05) is 38.0 Å². The Morgan fingerprint density at radius 1 is 1.32 bits per heavy atom. The lowest BCUT2D eigenvalue weighted by Crippen LogP contribution is -2.24. The Kier molecular flexibility index (Phi) is 6.30. The Balaban J connectivity index is 3.23. The van der Waals surface area contributed by atoms with Gasteiger partial charge < -0.3 is 11.5 Å². The number of rotatable bonds is 6. The number of hydrogen-bond acceptors (Lipinski definition) is 3. The number of unbranched alkanes of at least 4 members (excludes halogenated alkanes) is 2. The van der Waals surface area contributed by atoms with E-state index in [0.29, 0.717) is 5.56 Å². The molecule has 0 aliphatic carbocycles. The van der Waals surface area contributed by atoms with Crippen LogP contribution in [0.4, 0.5) is 0 Å². The van der Waals surface area contributed by atoms with E-state index >= 15 is 0 Å². The molecule has 0 unspecified atom stereocenters. The number of benzene rings is 1. The monoisotopic (exact) mass is 323 g/mol. The van der Waals surface area contributed by atoms with Gasteiger partial charge in [-0.15, -0.1) is 0 Å². The molecule has 0 fully saturated rings. The van der Waals surface area contributed by atoms with Crippen LogP contribution in [0.3, 0.4) is 0 Å². The fourth-order valence-electron chi connectivity index (χ4n) is 1.84. The maximum Gasteiger partial charge on any atom is 0.280 e. The van der Waals surface area contributed by atoms with Gasteiger partial charge in [0.1, 0.15) is 0 Å². The van der Waals surface area contributed by atoms with Gasteiger partial charge in [0.25, 0.3) is 5.91 Å². The summed E-state index contributed by atoms with van der Waals surface area (Å²) in [4.78, 5) is 15.3. The molecule has 1 aromatic rings. The number of allylic oxidation sites excluding steroid dienone is 1. The van der Waals surface area contributed by atoms with Crippen molar-refractivity contribution in [3.05, 3.63) is 35.4 Å². The molecule has 1 rings (SSSR count). The molecule has 0 bridgehead atoms. The van der Waals surface area contributed by atoms with E-state index in [9.17, 15) is 13.2 Å². The van der Waals surface area contributed by atoms with Crippen molar-refractivity contribution in [1.29, 1.82) is 0 Å². The second-order valence-electron chi connectivity index (χ2n) is 4.91. The number of nitrogens with two attached hydrogens (primary N) is 2. The highest BCUT2D eigenvalue weighted by atomic mass is 32.2. The summed E-state index contributed by atoms with van der Waals surface area (Å²) in [6.45, 7) is 2.08. The lowest BCUT2D eigenvalue weighted by atomic mass is 10.1. The molecule has 120 valence electrons. The summed E-state index contributed by atoms with van der Waals surface area (Å²) < 4.78 is 23.8. The number of hydrogen-bond donors (Lipinski definition) is 2. The van der Waals surface area contributed by atoms with Crippen molar-refractivity contribution in [2.75, 3.05) is 6.26 Å². The van der Waals surface area contributed by atoms with Crippen molar-refractivity contribution in [2.45, 2.75) is 31.1 Å². The largest absolute Gasteiger partial charge is 0.370 e. The molecular weight excluding hydrogens is 302 g/mol. The molecule has 4 N–H and O–H groups in total. The zero-order valence-electron chi connectivity index (χ0n) is 12.7. The second-order valence-corrected chi connectivity index (χ2v) is 6.90. The third-order valence-corrected chi connectivity index (χ3v) is 4.06. The standard InChI is InChI=1S/C15H21N3O3S/c1-3-4-5-6-7-11-8-9-12(14(19)18-15(16)17)10-13(11)22(2,20)21/h6-10H,3-5H2,1-2H3,(H4,16,17,18,19)/b7-6+. The number of carbonyl (C=O) groups is 1. The molecule has 0 aliphatic rings. The molecular formula is C15H21N3O3S. The molecule has 0 aromatic heterocycles. The minimum atomic E-state index is -3.48. The van der Waals surface area contributed by atoms with Crippen LogP contribution >= 0.6 is 0 Å². The van der Waals surface area contributed by atoms with Gasteiger partial charge in [0, 0.05) is 11.8 Å². The third-order valence-electron chi connectivity index (χ3n) is 2.91. The zero-order valence-corrected chi connectivity index (χ0v) is 13.6. The molecule has 0 saturated heterocycles. The lowest BCUT2D eigenvalue weighted by molar-refractivity contribution is 0.100. The van der Waals surface area contributed by atoms with Gasteiger partial charge in [-0.3, -0.25) is 4.79 Å². The Morgan fingerprint density at radius 2 is 2.00 bits per heavy atom. The predicted octanol–water partition coefficient (Wildman–Crippen LogP) is 1.71. The number of guanidine groups is 1. The Hall–Kier alpha value is -2.15. The normalized spacial score (nSPS) is 11.5. The highest BCUT2D eigenvalue weighted by Crippen LogP contribution is 2.20. The molecule has 0 heterocycles. The smallest absolute Gasteiger partial charge is 0.280 e. The average molecular weight is 323 g/mol. The molecule has 0 saturated carbocycles.